The lowest BCUT2D eigenvalue weighted by Gasteiger charge is -2.21. The second-order valence-corrected chi connectivity index (χ2v) is 7.91. The highest BCUT2D eigenvalue weighted by Gasteiger charge is 2.08. The van der Waals surface area contributed by atoms with Crippen LogP contribution in [0.25, 0.3) is 0 Å². The molecule has 0 fully saturated rings. The van der Waals surface area contributed by atoms with E-state index < -0.39 is 0 Å². The summed E-state index contributed by atoms with van der Waals surface area (Å²) in [6.07, 6.45) is 6.65. The predicted octanol–water partition coefficient (Wildman–Crippen LogP) is 5.59. The Morgan fingerprint density at radius 3 is 2.26 bits per heavy atom. The molecule has 2 aromatic carbocycles. The first-order chi connectivity index (χ1) is 15.0. The summed E-state index contributed by atoms with van der Waals surface area (Å²) in [5, 5.41) is 3.86. The van der Waals surface area contributed by atoms with Crippen molar-refractivity contribution in [2.24, 2.45) is 0 Å². The van der Waals surface area contributed by atoms with Crippen LogP contribution in [-0.2, 0) is 0 Å². The molecule has 0 bridgehead atoms. The third kappa shape index (κ3) is 8.99. The zero-order valence-electron chi connectivity index (χ0n) is 19.0. The van der Waals surface area contributed by atoms with Crippen molar-refractivity contribution in [3.63, 3.8) is 0 Å². The maximum Gasteiger partial charge on any atom is 0.177 e. The number of methoxy groups -OCH3 is 1. The second-order valence-electron chi connectivity index (χ2n) is 7.53. The van der Waals surface area contributed by atoms with Gasteiger partial charge in [-0.2, -0.15) is 0 Å². The highest BCUT2D eigenvalue weighted by Crippen LogP contribution is 2.21. The summed E-state index contributed by atoms with van der Waals surface area (Å²) in [4.78, 5) is 4.23. The first kappa shape index (κ1) is 24.7. The molecule has 0 amide bonds. The van der Waals surface area contributed by atoms with E-state index in [9.17, 15) is 0 Å². The number of rotatable bonds is 13. The Balaban J connectivity index is 1.69. The number of ether oxygens (including phenoxy) is 2. The van der Waals surface area contributed by atoms with Gasteiger partial charge in [-0.1, -0.05) is 18.9 Å². The Hall–Kier alpha value is -2.57. The van der Waals surface area contributed by atoms with Gasteiger partial charge < -0.3 is 24.6 Å². The third-order valence-electron chi connectivity index (χ3n) is 5.01. The van der Waals surface area contributed by atoms with Crippen LogP contribution in [-0.4, -0.2) is 50.9 Å². The van der Waals surface area contributed by atoms with Crippen molar-refractivity contribution in [1.82, 2.24) is 4.90 Å². The predicted molar refractivity (Wildman–Crippen MR) is 136 cm³/mol. The quantitative estimate of drug-likeness (QED) is 0.248. The van der Waals surface area contributed by atoms with Crippen molar-refractivity contribution in [1.29, 1.82) is 0 Å². The molecule has 31 heavy (non-hydrogen) atoms. The molecule has 0 spiro atoms. The van der Waals surface area contributed by atoms with Gasteiger partial charge in [0.2, 0.25) is 0 Å². The average molecular weight is 442 g/mol. The molecule has 168 valence electrons. The molecule has 0 aromatic heterocycles. The standard InChI is InChI=1S/C25H35N3O2S/c1-5-18-27(2)19-8-6-7-9-20-30-24-16-12-22(13-17-24)28(3)25(31)26-21-10-14-23(29-4)15-11-21/h5,10-17H,1,6-9,18-20H2,2-4H3,(H,26,31). The number of unbranched alkanes of at least 4 members (excludes halogenated alkanes) is 3. The van der Waals surface area contributed by atoms with Crippen molar-refractivity contribution < 1.29 is 9.47 Å². The summed E-state index contributed by atoms with van der Waals surface area (Å²) in [5.74, 6) is 1.70. The van der Waals surface area contributed by atoms with E-state index in [1.165, 1.54) is 19.3 Å². The molecule has 0 heterocycles. The minimum absolute atomic E-state index is 0.623. The fourth-order valence-corrected chi connectivity index (χ4v) is 3.33. The number of hydrogen-bond acceptors (Lipinski definition) is 4. The number of nitrogens with one attached hydrogen (secondary N) is 1. The fourth-order valence-electron chi connectivity index (χ4n) is 3.10. The summed E-state index contributed by atoms with van der Waals surface area (Å²) in [5.41, 5.74) is 1.92. The molecule has 6 heteroatoms. The van der Waals surface area contributed by atoms with E-state index in [4.69, 9.17) is 21.7 Å². The first-order valence-electron chi connectivity index (χ1n) is 10.7. The Labute approximate surface area is 192 Å². The van der Waals surface area contributed by atoms with Gasteiger partial charge in [-0.3, -0.25) is 0 Å². The van der Waals surface area contributed by atoms with Crippen LogP contribution in [0.4, 0.5) is 11.4 Å². The largest absolute Gasteiger partial charge is 0.497 e. The highest BCUT2D eigenvalue weighted by molar-refractivity contribution is 7.80. The Bertz CT molecular complexity index is 793. The van der Waals surface area contributed by atoms with Crippen LogP contribution >= 0.6 is 12.2 Å². The maximum atomic E-state index is 5.88. The molecule has 1 N–H and O–H groups in total. The SMILES string of the molecule is C=CCN(C)CCCCCCOc1ccc(N(C)C(=S)Nc2ccc(OC)cc2)cc1. The Kier molecular flexibility index (Phi) is 10.9. The smallest absolute Gasteiger partial charge is 0.177 e. The fraction of sp³-hybridized carbons (Fsp3) is 0.400. The molecule has 2 aromatic rings. The van der Waals surface area contributed by atoms with Crippen molar-refractivity contribution in [3.8, 4) is 11.5 Å². The van der Waals surface area contributed by atoms with E-state index in [0.717, 1.165) is 49.0 Å². The number of hydrogen-bond donors (Lipinski definition) is 1. The van der Waals surface area contributed by atoms with Gasteiger partial charge in [0.05, 0.1) is 13.7 Å². The molecule has 2 rings (SSSR count). The van der Waals surface area contributed by atoms with Gasteiger partial charge in [0, 0.05) is 25.0 Å². The van der Waals surface area contributed by atoms with E-state index >= 15 is 0 Å². The molecule has 0 saturated carbocycles. The molecule has 0 radical (unpaired) electrons. The summed E-state index contributed by atoms with van der Waals surface area (Å²) >= 11 is 5.53. The molecule has 0 unspecified atom stereocenters. The summed E-state index contributed by atoms with van der Waals surface area (Å²) in [6, 6.07) is 15.7. The topological polar surface area (TPSA) is 37.0 Å². The van der Waals surface area contributed by atoms with Crippen LogP contribution in [0, 0.1) is 0 Å². The lowest BCUT2D eigenvalue weighted by atomic mass is 10.2. The van der Waals surface area contributed by atoms with Crippen molar-refractivity contribution >= 4 is 28.7 Å². The normalized spacial score (nSPS) is 10.6. The molecular weight excluding hydrogens is 406 g/mol. The van der Waals surface area contributed by atoms with Crippen LogP contribution in [0.1, 0.15) is 25.7 Å². The molecule has 0 atom stereocenters. The minimum atomic E-state index is 0.623. The minimum Gasteiger partial charge on any atom is -0.497 e. The van der Waals surface area contributed by atoms with Crippen molar-refractivity contribution in [3.05, 3.63) is 61.2 Å². The molecule has 0 aliphatic carbocycles. The molecule has 0 aliphatic rings. The van der Waals surface area contributed by atoms with Gasteiger partial charge in [-0.05, 0) is 87.2 Å². The number of nitrogens with zero attached hydrogens (tertiary/aromatic N) is 2. The van der Waals surface area contributed by atoms with E-state index in [1.54, 1.807) is 7.11 Å². The number of thiocarbonyl (C=S) groups is 1. The maximum absolute atomic E-state index is 5.88. The van der Waals surface area contributed by atoms with E-state index in [1.807, 2.05) is 66.6 Å². The van der Waals surface area contributed by atoms with E-state index in [-0.39, 0.29) is 0 Å². The van der Waals surface area contributed by atoms with Crippen LogP contribution in [0.2, 0.25) is 0 Å². The van der Waals surface area contributed by atoms with Crippen LogP contribution in [0.3, 0.4) is 0 Å². The Morgan fingerprint density at radius 2 is 1.61 bits per heavy atom. The molecular formula is C25H35N3O2S. The van der Waals surface area contributed by atoms with Crippen LogP contribution < -0.4 is 19.7 Å². The van der Waals surface area contributed by atoms with Crippen LogP contribution in [0.5, 0.6) is 11.5 Å². The second kappa shape index (κ2) is 13.7. The highest BCUT2D eigenvalue weighted by atomic mass is 32.1. The lowest BCUT2D eigenvalue weighted by molar-refractivity contribution is 0.300. The zero-order valence-corrected chi connectivity index (χ0v) is 19.8. The van der Waals surface area contributed by atoms with Gasteiger partial charge in [0.25, 0.3) is 0 Å². The summed E-state index contributed by atoms with van der Waals surface area (Å²) in [6.45, 7) is 6.59. The lowest BCUT2D eigenvalue weighted by Crippen LogP contribution is -2.30. The van der Waals surface area contributed by atoms with E-state index in [0.29, 0.717) is 5.11 Å². The third-order valence-corrected chi connectivity index (χ3v) is 5.39. The summed E-state index contributed by atoms with van der Waals surface area (Å²) in [7, 11) is 5.73. The molecule has 0 aliphatic heterocycles. The van der Waals surface area contributed by atoms with Crippen LogP contribution in [0.15, 0.2) is 61.2 Å². The average Bonchev–Trinajstić information content (AvgIpc) is 2.79. The summed E-state index contributed by atoms with van der Waals surface area (Å²) < 4.78 is 11.1. The Morgan fingerprint density at radius 1 is 0.968 bits per heavy atom. The van der Waals surface area contributed by atoms with Gasteiger partial charge in [0.15, 0.2) is 5.11 Å². The van der Waals surface area contributed by atoms with Crippen molar-refractivity contribution in [2.45, 2.75) is 25.7 Å². The number of likely N-dealkylation sites (N-methyl/N-ethyl adjacent to an activating group) is 1. The van der Waals surface area contributed by atoms with Gasteiger partial charge in [0.1, 0.15) is 11.5 Å². The number of benzene rings is 2. The monoisotopic (exact) mass is 441 g/mol. The van der Waals surface area contributed by atoms with Crippen molar-refractivity contribution in [2.75, 3.05) is 51.1 Å². The zero-order chi connectivity index (χ0) is 22.5. The van der Waals surface area contributed by atoms with Gasteiger partial charge in [-0.25, -0.2) is 0 Å². The molecule has 5 nitrogen and oxygen atoms in total. The number of anilines is 2. The first-order valence-corrected chi connectivity index (χ1v) is 11.2. The van der Waals surface area contributed by atoms with Gasteiger partial charge >= 0.3 is 0 Å². The molecule has 0 saturated heterocycles. The van der Waals surface area contributed by atoms with E-state index in [2.05, 4.69) is 23.8 Å². The van der Waals surface area contributed by atoms with Gasteiger partial charge in [-0.15, -0.1) is 6.58 Å².